The molecule has 0 spiro atoms. The standard InChI is InChI=1S/C2H6N4O4S3/c3-12(7,8)2-1-11-5-6(2)13(4,9)10/h1,5H,(H2,3,7,8)(H2,4,9,10). The van der Waals surface area contributed by atoms with Gasteiger partial charge in [0.2, 0.25) is 0 Å². The van der Waals surface area contributed by atoms with E-state index in [9.17, 15) is 16.8 Å². The van der Waals surface area contributed by atoms with Crippen LogP contribution in [-0.4, -0.2) is 21.2 Å². The highest BCUT2D eigenvalue weighted by atomic mass is 32.2. The summed E-state index contributed by atoms with van der Waals surface area (Å²) >= 11 is 0.740. The Morgan fingerprint density at radius 3 is 2.15 bits per heavy atom. The lowest BCUT2D eigenvalue weighted by molar-refractivity contribution is 0.479. The van der Waals surface area contributed by atoms with E-state index >= 15 is 0 Å². The Labute approximate surface area is 79.3 Å². The monoisotopic (exact) mass is 246 g/mol. The summed E-state index contributed by atoms with van der Waals surface area (Å²) in [6.07, 6.45) is 0. The molecule has 0 amide bonds. The van der Waals surface area contributed by atoms with Crippen molar-refractivity contribution < 1.29 is 16.8 Å². The zero-order chi connectivity index (χ0) is 10.3. The van der Waals surface area contributed by atoms with E-state index in [4.69, 9.17) is 5.14 Å². The highest BCUT2D eigenvalue weighted by Crippen LogP contribution is 2.22. The van der Waals surface area contributed by atoms with E-state index in [1.807, 2.05) is 0 Å². The topological polar surface area (TPSA) is 136 Å². The van der Waals surface area contributed by atoms with Crippen molar-refractivity contribution >= 4 is 32.2 Å². The minimum absolute atomic E-state index is 0.285. The minimum Gasteiger partial charge on any atom is -0.223 e. The fraction of sp³-hybridized carbons (Fsp3) is 0. The number of primary sulfonamides is 1. The molecule has 0 radical (unpaired) electrons. The maximum atomic E-state index is 10.8. The Morgan fingerprint density at radius 2 is 1.85 bits per heavy atom. The van der Waals surface area contributed by atoms with Crippen LogP contribution >= 0.6 is 11.9 Å². The fourth-order valence-electron chi connectivity index (χ4n) is 0.577. The van der Waals surface area contributed by atoms with Crippen LogP contribution in [0.2, 0.25) is 0 Å². The molecule has 0 aromatic heterocycles. The molecule has 76 valence electrons. The molecule has 13 heavy (non-hydrogen) atoms. The predicted molar refractivity (Wildman–Crippen MR) is 46.9 cm³/mol. The predicted octanol–water partition coefficient (Wildman–Crippen LogP) is -2.25. The lowest BCUT2D eigenvalue weighted by Gasteiger charge is -2.15. The first-order valence-corrected chi connectivity index (χ1v) is 6.63. The molecule has 0 aliphatic carbocycles. The van der Waals surface area contributed by atoms with E-state index < -0.39 is 25.3 Å². The van der Waals surface area contributed by atoms with E-state index in [-0.39, 0.29) is 4.41 Å². The third kappa shape index (κ3) is 2.32. The zero-order valence-electron chi connectivity index (χ0n) is 6.04. The molecular formula is C2H6N4O4S3. The van der Waals surface area contributed by atoms with Gasteiger partial charge >= 0.3 is 10.2 Å². The molecule has 0 saturated carbocycles. The van der Waals surface area contributed by atoms with Gasteiger partial charge in [-0.05, 0) is 11.9 Å². The number of hydrogen-bond donors (Lipinski definition) is 3. The average molecular weight is 246 g/mol. The second-order valence-electron chi connectivity index (χ2n) is 2.02. The van der Waals surface area contributed by atoms with Crippen LogP contribution in [-0.2, 0) is 20.2 Å². The van der Waals surface area contributed by atoms with Crippen molar-refractivity contribution in [3.05, 3.63) is 10.4 Å². The second kappa shape index (κ2) is 3.11. The SMILES string of the molecule is NS(=O)(=O)C1=CSNN1S(N)(=O)=O. The number of hydrogen-bond acceptors (Lipinski definition) is 6. The van der Waals surface area contributed by atoms with E-state index in [1.54, 1.807) is 0 Å². The first-order chi connectivity index (χ1) is 5.73. The van der Waals surface area contributed by atoms with Gasteiger partial charge in [0.05, 0.1) is 0 Å². The summed E-state index contributed by atoms with van der Waals surface area (Å²) in [5.74, 6) is 0. The first-order valence-electron chi connectivity index (χ1n) is 2.70. The van der Waals surface area contributed by atoms with Crippen molar-refractivity contribution in [3.63, 3.8) is 0 Å². The van der Waals surface area contributed by atoms with E-state index in [2.05, 4.69) is 9.97 Å². The highest BCUT2D eigenvalue weighted by Gasteiger charge is 2.32. The number of nitrogens with one attached hydrogen (secondary N) is 1. The summed E-state index contributed by atoms with van der Waals surface area (Å²) in [6, 6.07) is 0. The second-order valence-corrected chi connectivity index (χ2v) is 5.58. The Morgan fingerprint density at radius 1 is 1.31 bits per heavy atom. The molecule has 0 unspecified atom stereocenters. The number of rotatable bonds is 2. The third-order valence-electron chi connectivity index (χ3n) is 1.04. The molecule has 1 rings (SSSR count). The molecule has 0 atom stereocenters. The molecule has 0 fully saturated rings. The van der Waals surface area contributed by atoms with Crippen molar-refractivity contribution in [2.24, 2.45) is 10.3 Å². The van der Waals surface area contributed by atoms with E-state index in [0.717, 1.165) is 17.4 Å². The van der Waals surface area contributed by atoms with Crippen molar-refractivity contribution in [1.82, 2.24) is 9.25 Å². The molecule has 8 nitrogen and oxygen atoms in total. The lowest BCUT2D eigenvalue weighted by Crippen LogP contribution is -2.42. The molecule has 5 N–H and O–H groups in total. The number of hydrazine groups is 1. The van der Waals surface area contributed by atoms with Gasteiger partial charge in [0, 0.05) is 5.41 Å². The molecule has 0 aromatic carbocycles. The Hall–Kier alpha value is -0.330. The number of sulfonamides is 1. The maximum absolute atomic E-state index is 10.8. The van der Waals surface area contributed by atoms with E-state index in [0.29, 0.717) is 0 Å². The van der Waals surface area contributed by atoms with Gasteiger partial charge in [0.25, 0.3) is 10.0 Å². The molecule has 1 aliphatic heterocycles. The van der Waals surface area contributed by atoms with Gasteiger partial charge in [0.1, 0.15) is 0 Å². The maximum Gasteiger partial charge on any atom is 0.314 e. The molecule has 11 heteroatoms. The van der Waals surface area contributed by atoms with Crippen molar-refractivity contribution in [2.45, 2.75) is 0 Å². The van der Waals surface area contributed by atoms with Gasteiger partial charge in [0.15, 0.2) is 5.03 Å². The number of nitrogens with two attached hydrogens (primary N) is 2. The average Bonchev–Trinajstić information content (AvgIpc) is 2.27. The van der Waals surface area contributed by atoms with E-state index in [1.165, 1.54) is 0 Å². The van der Waals surface area contributed by atoms with Crippen LogP contribution < -0.4 is 15.1 Å². The van der Waals surface area contributed by atoms with Gasteiger partial charge in [-0.1, -0.05) is 0 Å². The molecule has 1 aliphatic rings. The first kappa shape index (κ1) is 10.7. The van der Waals surface area contributed by atoms with Crippen LogP contribution in [0, 0.1) is 0 Å². The van der Waals surface area contributed by atoms with Gasteiger partial charge in [-0.15, -0.1) is 0 Å². The molecule has 0 bridgehead atoms. The summed E-state index contributed by atoms with van der Waals surface area (Å²) in [4.78, 5) is 2.14. The quantitative estimate of drug-likeness (QED) is 0.471. The van der Waals surface area contributed by atoms with Crippen LogP contribution in [0.25, 0.3) is 0 Å². The van der Waals surface area contributed by atoms with Crippen molar-refractivity contribution in [3.8, 4) is 0 Å². The van der Waals surface area contributed by atoms with Crippen molar-refractivity contribution in [2.75, 3.05) is 0 Å². The summed E-state index contributed by atoms with van der Waals surface area (Å²) in [7, 11) is -8.25. The summed E-state index contributed by atoms with van der Waals surface area (Å²) in [5.41, 5.74) is 0. The Balaban J connectivity index is 3.16. The normalized spacial score (nSPS) is 18.9. The Kier molecular flexibility index (Phi) is 2.57. The van der Waals surface area contributed by atoms with Crippen molar-refractivity contribution in [1.29, 1.82) is 0 Å². The number of nitrogens with zero attached hydrogens (tertiary/aromatic N) is 1. The lowest BCUT2D eigenvalue weighted by atomic mass is 11.0. The van der Waals surface area contributed by atoms with Gasteiger partial charge in [-0.3, -0.25) is 0 Å². The van der Waals surface area contributed by atoms with Gasteiger partial charge in [-0.25, -0.2) is 18.7 Å². The largest absolute Gasteiger partial charge is 0.314 e. The van der Waals surface area contributed by atoms with Crippen LogP contribution in [0.15, 0.2) is 10.4 Å². The van der Waals surface area contributed by atoms with Crippen LogP contribution in [0.5, 0.6) is 0 Å². The Bertz CT molecular complexity index is 434. The van der Waals surface area contributed by atoms with Crippen LogP contribution in [0.3, 0.4) is 0 Å². The van der Waals surface area contributed by atoms with Gasteiger partial charge < -0.3 is 0 Å². The van der Waals surface area contributed by atoms with Gasteiger partial charge in [-0.2, -0.15) is 17.7 Å². The molecular weight excluding hydrogens is 240 g/mol. The zero-order valence-corrected chi connectivity index (χ0v) is 8.49. The summed E-state index contributed by atoms with van der Waals surface area (Å²) in [5, 5.41) is 9.84. The minimum atomic E-state index is -4.16. The van der Waals surface area contributed by atoms with Crippen LogP contribution in [0.1, 0.15) is 0 Å². The smallest absolute Gasteiger partial charge is 0.223 e. The fourth-order valence-corrected chi connectivity index (χ4v) is 3.58. The van der Waals surface area contributed by atoms with Crippen LogP contribution in [0.4, 0.5) is 0 Å². The molecule has 0 aromatic rings. The highest BCUT2D eigenvalue weighted by molar-refractivity contribution is 8.03. The summed E-state index contributed by atoms with van der Waals surface area (Å²) in [6.45, 7) is 0. The molecule has 0 saturated heterocycles. The third-order valence-corrected chi connectivity index (χ3v) is 3.73. The summed E-state index contributed by atoms with van der Waals surface area (Å²) < 4.78 is 43.4. The molecule has 1 heterocycles.